The van der Waals surface area contributed by atoms with Crippen LogP contribution in [0.2, 0.25) is 0 Å². The van der Waals surface area contributed by atoms with Crippen LogP contribution in [-0.4, -0.2) is 36.8 Å². The summed E-state index contributed by atoms with van der Waals surface area (Å²) in [6.07, 6.45) is 0. The Labute approximate surface area is 82.9 Å². The number of ether oxygens (including phenoxy) is 1. The SMILES string of the molecule is BC1(B)Oc2ccccc2C1(B)B. The third-order valence-corrected chi connectivity index (χ3v) is 3.43. The van der Waals surface area contributed by atoms with Gasteiger partial charge in [-0.2, -0.15) is 0 Å². The van der Waals surface area contributed by atoms with E-state index in [9.17, 15) is 0 Å². The number of rotatable bonds is 0. The van der Waals surface area contributed by atoms with E-state index in [4.69, 9.17) is 4.74 Å². The molecule has 0 spiro atoms. The Balaban J connectivity index is 2.60. The summed E-state index contributed by atoms with van der Waals surface area (Å²) in [6.45, 7) is 0. The lowest BCUT2D eigenvalue weighted by molar-refractivity contribution is 0.258. The maximum absolute atomic E-state index is 5.91. The van der Waals surface area contributed by atoms with Crippen LogP contribution in [-0.2, 0) is 5.21 Å². The molecule has 0 aliphatic carbocycles. The normalized spacial score (nSPS) is 21.8. The van der Waals surface area contributed by atoms with Gasteiger partial charge in [-0.25, -0.2) is 0 Å². The molecule has 1 aliphatic rings. The highest BCUT2D eigenvalue weighted by Crippen LogP contribution is 2.42. The van der Waals surface area contributed by atoms with Gasteiger partial charge in [-0.3, -0.25) is 0 Å². The summed E-state index contributed by atoms with van der Waals surface area (Å²) in [5.74, 6) is 1.04. The quantitative estimate of drug-likeness (QED) is 0.386. The molecule has 0 aromatic heterocycles. The summed E-state index contributed by atoms with van der Waals surface area (Å²) in [4.78, 5) is 0. The average Bonchev–Trinajstić information content (AvgIpc) is 2.20. The Morgan fingerprint density at radius 3 is 2.23 bits per heavy atom. The molecule has 13 heavy (non-hydrogen) atoms. The van der Waals surface area contributed by atoms with Crippen LogP contribution in [0.15, 0.2) is 24.3 Å². The molecular weight excluding hydrogens is 155 g/mol. The van der Waals surface area contributed by atoms with E-state index in [1.54, 1.807) is 0 Å². The van der Waals surface area contributed by atoms with E-state index in [0.717, 1.165) is 5.75 Å². The lowest BCUT2D eigenvalue weighted by atomic mass is 9.34. The van der Waals surface area contributed by atoms with Crippen molar-refractivity contribution >= 4 is 31.4 Å². The van der Waals surface area contributed by atoms with Gasteiger partial charge in [-0.1, -0.05) is 18.2 Å². The molecule has 5 heteroatoms. The predicted molar refractivity (Wildman–Crippen MR) is 65.7 cm³/mol. The van der Waals surface area contributed by atoms with Gasteiger partial charge in [0.1, 0.15) is 37.1 Å². The first-order chi connectivity index (χ1) is 5.95. The van der Waals surface area contributed by atoms with Crippen LogP contribution in [0.4, 0.5) is 0 Å². The standard InChI is InChI=1S/C8H12B4O/c9-7(10)5-3-1-2-4-6(5)13-8(7,11)12/h1-4H,9-12H2. The van der Waals surface area contributed by atoms with Gasteiger partial charge in [-0.05, 0) is 16.8 Å². The molecule has 1 aromatic carbocycles. The Morgan fingerprint density at radius 1 is 1.00 bits per heavy atom. The molecule has 0 radical (unpaired) electrons. The zero-order valence-corrected chi connectivity index (χ0v) is 8.72. The minimum absolute atomic E-state index is 0.101. The monoisotopic (exact) mass is 168 g/mol. The lowest BCUT2D eigenvalue weighted by Gasteiger charge is -2.34. The number of para-hydroxylation sites is 1. The smallest absolute Gasteiger partial charge is 0.146 e. The molecule has 1 aliphatic heterocycles. The van der Waals surface area contributed by atoms with Crippen molar-refractivity contribution in [2.24, 2.45) is 0 Å². The third kappa shape index (κ3) is 1.06. The van der Waals surface area contributed by atoms with Gasteiger partial charge >= 0.3 is 0 Å². The summed E-state index contributed by atoms with van der Waals surface area (Å²) in [7, 11) is 8.76. The van der Waals surface area contributed by atoms with Crippen molar-refractivity contribution in [2.75, 3.05) is 0 Å². The van der Waals surface area contributed by atoms with Gasteiger partial charge in [0.2, 0.25) is 0 Å². The van der Waals surface area contributed by atoms with E-state index >= 15 is 0 Å². The third-order valence-electron chi connectivity index (χ3n) is 3.43. The molecule has 0 fully saturated rings. The molecule has 1 heterocycles. The fourth-order valence-corrected chi connectivity index (χ4v) is 1.80. The van der Waals surface area contributed by atoms with Gasteiger partial charge in [0, 0.05) is 5.40 Å². The van der Waals surface area contributed by atoms with Crippen LogP contribution in [0.3, 0.4) is 0 Å². The Kier molecular flexibility index (Phi) is 1.64. The predicted octanol–water partition coefficient (Wildman–Crippen LogP) is -2.58. The van der Waals surface area contributed by atoms with E-state index in [-0.39, 0.29) is 10.6 Å². The van der Waals surface area contributed by atoms with Crippen LogP contribution < -0.4 is 4.74 Å². The number of hydrogen-bond donors (Lipinski definition) is 0. The van der Waals surface area contributed by atoms with Crippen LogP contribution in [0.1, 0.15) is 5.56 Å². The molecule has 1 aromatic rings. The second-order valence-electron chi connectivity index (χ2n) is 4.73. The fourth-order valence-electron chi connectivity index (χ4n) is 1.80. The van der Waals surface area contributed by atoms with E-state index in [0.29, 0.717) is 0 Å². The van der Waals surface area contributed by atoms with E-state index in [1.165, 1.54) is 5.56 Å². The van der Waals surface area contributed by atoms with E-state index in [1.807, 2.05) is 12.1 Å². The lowest BCUT2D eigenvalue weighted by Crippen LogP contribution is -2.53. The summed E-state index contributed by atoms with van der Waals surface area (Å²) in [5, 5.41) is 0.000278. The minimum atomic E-state index is -0.101. The number of benzene rings is 1. The van der Waals surface area contributed by atoms with E-state index in [2.05, 4.69) is 43.5 Å². The molecule has 62 valence electrons. The Bertz CT molecular complexity index is 348. The molecule has 0 saturated carbocycles. The van der Waals surface area contributed by atoms with Crippen molar-refractivity contribution in [3.05, 3.63) is 29.8 Å². The maximum Gasteiger partial charge on any atom is 0.146 e. The highest BCUT2D eigenvalue weighted by molar-refractivity contribution is 6.54. The van der Waals surface area contributed by atoms with Crippen LogP contribution in [0.25, 0.3) is 0 Å². The molecule has 0 saturated heterocycles. The maximum atomic E-state index is 5.91. The van der Waals surface area contributed by atoms with Crippen molar-refractivity contribution in [2.45, 2.75) is 10.6 Å². The van der Waals surface area contributed by atoms with Crippen LogP contribution in [0.5, 0.6) is 5.75 Å². The van der Waals surface area contributed by atoms with Crippen LogP contribution >= 0.6 is 0 Å². The average molecular weight is 167 g/mol. The topological polar surface area (TPSA) is 9.23 Å². The van der Waals surface area contributed by atoms with Crippen molar-refractivity contribution in [1.29, 1.82) is 0 Å². The summed E-state index contributed by atoms with van der Waals surface area (Å²) < 4.78 is 5.91. The first kappa shape index (κ1) is 8.86. The largest absolute Gasteiger partial charge is 0.506 e. The highest BCUT2D eigenvalue weighted by atomic mass is 16.5. The van der Waals surface area contributed by atoms with E-state index < -0.39 is 0 Å². The minimum Gasteiger partial charge on any atom is -0.506 e. The van der Waals surface area contributed by atoms with Gasteiger partial charge in [0.15, 0.2) is 0 Å². The van der Waals surface area contributed by atoms with Gasteiger partial charge in [-0.15, -0.1) is 0 Å². The summed E-state index contributed by atoms with van der Waals surface area (Å²) >= 11 is 0. The summed E-state index contributed by atoms with van der Waals surface area (Å²) in [6, 6.07) is 8.30. The second-order valence-corrected chi connectivity index (χ2v) is 4.73. The highest BCUT2D eigenvalue weighted by Gasteiger charge is 2.46. The zero-order chi connectivity index (χ0) is 9.69. The molecule has 0 unspecified atom stereocenters. The second kappa shape index (κ2) is 2.40. The molecule has 2 rings (SSSR count). The van der Waals surface area contributed by atoms with Crippen molar-refractivity contribution in [3.8, 4) is 5.75 Å². The molecular formula is C8H12B4O. The first-order valence-corrected chi connectivity index (χ1v) is 4.74. The molecule has 0 N–H and O–H groups in total. The first-order valence-electron chi connectivity index (χ1n) is 4.74. The molecule has 0 atom stereocenters. The van der Waals surface area contributed by atoms with Crippen LogP contribution in [0, 0.1) is 0 Å². The van der Waals surface area contributed by atoms with Gasteiger partial charge < -0.3 is 4.74 Å². The van der Waals surface area contributed by atoms with Gasteiger partial charge in [0.05, 0.1) is 0 Å². The Hall–Kier alpha value is -0.720. The zero-order valence-electron chi connectivity index (χ0n) is 8.72. The number of hydrogen-bond acceptors (Lipinski definition) is 1. The van der Waals surface area contributed by atoms with Crippen molar-refractivity contribution in [3.63, 3.8) is 0 Å². The fraction of sp³-hybridized carbons (Fsp3) is 0.250. The molecule has 1 nitrogen and oxygen atoms in total. The molecule has 0 bridgehead atoms. The van der Waals surface area contributed by atoms with Crippen molar-refractivity contribution in [1.82, 2.24) is 0 Å². The van der Waals surface area contributed by atoms with Crippen molar-refractivity contribution < 1.29 is 4.74 Å². The summed E-state index contributed by atoms with van der Waals surface area (Å²) in [5.41, 5.74) is 1.32. The molecule has 0 amide bonds. The Morgan fingerprint density at radius 2 is 1.62 bits per heavy atom. The van der Waals surface area contributed by atoms with Gasteiger partial charge in [0.25, 0.3) is 0 Å². The number of fused-ring (bicyclic) bond motifs is 1.